The van der Waals surface area contributed by atoms with Crippen LogP contribution in [0, 0.1) is 0 Å². The molecule has 1 aromatic carbocycles. The van der Waals surface area contributed by atoms with Gasteiger partial charge in [0.15, 0.2) is 11.5 Å². The Labute approximate surface area is 159 Å². The molecule has 0 saturated heterocycles. The van der Waals surface area contributed by atoms with Crippen molar-refractivity contribution in [2.45, 2.75) is 6.92 Å². The van der Waals surface area contributed by atoms with Crippen molar-refractivity contribution in [3.63, 3.8) is 0 Å². The molecule has 0 spiro atoms. The minimum Gasteiger partial charge on any atom is -0.493 e. The fourth-order valence-corrected chi connectivity index (χ4v) is 3.51. The van der Waals surface area contributed by atoms with Crippen LogP contribution in [-0.4, -0.2) is 27.8 Å². The van der Waals surface area contributed by atoms with Gasteiger partial charge < -0.3 is 15.2 Å². The summed E-state index contributed by atoms with van der Waals surface area (Å²) in [4.78, 5) is 29.1. The zero-order valence-corrected chi connectivity index (χ0v) is 16.3. The van der Waals surface area contributed by atoms with Crippen molar-refractivity contribution in [1.82, 2.24) is 14.1 Å². The molecule has 3 aromatic rings. The zero-order chi connectivity index (χ0) is 19.7. The standard InChI is InChI=1S/C18H20N4O4S/c1-5-26-12-7-6-10(8-13(12)25-4)16-20-11(9-27-16)14-15(19)21(2)18(24)22(3)17(14)23/h6-9H,5,19H2,1-4H3. The molecule has 0 atom stereocenters. The minimum absolute atomic E-state index is 0.0872. The van der Waals surface area contributed by atoms with Crippen LogP contribution in [0.5, 0.6) is 11.5 Å². The highest BCUT2D eigenvalue weighted by Crippen LogP contribution is 2.35. The Balaban J connectivity index is 2.09. The fourth-order valence-electron chi connectivity index (χ4n) is 2.70. The third-order valence-corrected chi connectivity index (χ3v) is 5.07. The molecule has 0 aliphatic carbocycles. The molecule has 0 amide bonds. The lowest BCUT2D eigenvalue weighted by Gasteiger charge is -2.10. The number of methoxy groups -OCH3 is 1. The van der Waals surface area contributed by atoms with Gasteiger partial charge in [0.2, 0.25) is 0 Å². The van der Waals surface area contributed by atoms with E-state index in [1.807, 2.05) is 25.1 Å². The van der Waals surface area contributed by atoms with Gasteiger partial charge in [-0.05, 0) is 25.1 Å². The minimum atomic E-state index is -0.479. The Kier molecular flexibility index (Phi) is 5.04. The van der Waals surface area contributed by atoms with Crippen molar-refractivity contribution in [3.8, 4) is 33.3 Å². The average molecular weight is 388 g/mol. The predicted octanol–water partition coefficient (Wildman–Crippen LogP) is 1.86. The number of anilines is 1. The van der Waals surface area contributed by atoms with Crippen LogP contribution in [-0.2, 0) is 14.1 Å². The third-order valence-electron chi connectivity index (χ3n) is 4.18. The molecule has 0 aliphatic heterocycles. The topological polar surface area (TPSA) is 101 Å². The first-order chi connectivity index (χ1) is 12.9. The van der Waals surface area contributed by atoms with Crippen LogP contribution in [0.1, 0.15) is 6.92 Å². The van der Waals surface area contributed by atoms with Crippen LogP contribution < -0.4 is 26.5 Å². The monoisotopic (exact) mass is 388 g/mol. The van der Waals surface area contributed by atoms with Crippen LogP contribution in [0.15, 0.2) is 33.2 Å². The van der Waals surface area contributed by atoms with Crippen LogP contribution >= 0.6 is 11.3 Å². The molecule has 9 heteroatoms. The Morgan fingerprint density at radius 2 is 1.93 bits per heavy atom. The second-order valence-electron chi connectivity index (χ2n) is 5.80. The molecule has 0 radical (unpaired) electrons. The lowest BCUT2D eigenvalue weighted by molar-refractivity contribution is 0.311. The zero-order valence-electron chi connectivity index (χ0n) is 15.5. The van der Waals surface area contributed by atoms with Gasteiger partial charge in [-0.1, -0.05) is 0 Å². The van der Waals surface area contributed by atoms with Gasteiger partial charge in [0.25, 0.3) is 5.56 Å². The summed E-state index contributed by atoms with van der Waals surface area (Å²) in [6.45, 7) is 2.44. The van der Waals surface area contributed by atoms with Crippen molar-refractivity contribution < 1.29 is 9.47 Å². The molecule has 0 fully saturated rings. The first kappa shape index (κ1) is 18.7. The molecule has 8 nitrogen and oxygen atoms in total. The number of hydrogen-bond acceptors (Lipinski definition) is 7. The lowest BCUT2D eigenvalue weighted by atomic mass is 10.2. The predicted molar refractivity (Wildman–Crippen MR) is 106 cm³/mol. The van der Waals surface area contributed by atoms with Crippen LogP contribution in [0.4, 0.5) is 5.82 Å². The molecule has 2 aromatic heterocycles. The van der Waals surface area contributed by atoms with Gasteiger partial charge in [0.1, 0.15) is 16.4 Å². The van der Waals surface area contributed by atoms with Crippen LogP contribution in [0.25, 0.3) is 21.8 Å². The van der Waals surface area contributed by atoms with Crippen molar-refractivity contribution in [1.29, 1.82) is 0 Å². The fraction of sp³-hybridized carbons (Fsp3) is 0.278. The molecule has 0 bridgehead atoms. The van der Waals surface area contributed by atoms with E-state index >= 15 is 0 Å². The van der Waals surface area contributed by atoms with E-state index in [4.69, 9.17) is 15.2 Å². The molecule has 3 rings (SSSR count). The Morgan fingerprint density at radius 3 is 2.59 bits per heavy atom. The number of aromatic nitrogens is 3. The molecule has 0 saturated carbocycles. The Hall–Kier alpha value is -3.07. The summed E-state index contributed by atoms with van der Waals surface area (Å²) in [7, 11) is 4.51. The molecule has 2 N–H and O–H groups in total. The normalized spacial score (nSPS) is 10.8. The maximum atomic E-state index is 12.5. The molecular weight excluding hydrogens is 368 g/mol. The molecule has 0 aliphatic rings. The molecule has 142 valence electrons. The highest BCUT2D eigenvalue weighted by atomic mass is 32.1. The first-order valence-corrected chi connectivity index (χ1v) is 9.09. The first-order valence-electron chi connectivity index (χ1n) is 8.21. The maximum absolute atomic E-state index is 12.5. The number of nitrogen functional groups attached to an aromatic ring is 1. The van der Waals surface area contributed by atoms with Gasteiger partial charge in [0, 0.05) is 25.0 Å². The highest BCUT2D eigenvalue weighted by Gasteiger charge is 2.18. The lowest BCUT2D eigenvalue weighted by Crippen LogP contribution is -2.39. The summed E-state index contributed by atoms with van der Waals surface area (Å²) in [6, 6.07) is 5.52. The van der Waals surface area contributed by atoms with Gasteiger partial charge in [-0.2, -0.15) is 0 Å². The quantitative estimate of drug-likeness (QED) is 0.716. The van der Waals surface area contributed by atoms with E-state index in [0.717, 1.165) is 10.1 Å². The van der Waals surface area contributed by atoms with Crippen molar-refractivity contribution in [2.75, 3.05) is 19.5 Å². The van der Waals surface area contributed by atoms with Gasteiger partial charge in [-0.15, -0.1) is 11.3 Å². The molecular formula is C18H20N4O4S. The number of rotatable bonds is 5. The van der Waals surface area contributed by atoms with Crippen LogP contribution in [0.2, 0.25) is 0 Å². The molecule has 27 heavy (non-hydrogen) atoms. The molecule has 2 heterocycles. The summed E-state index contributed by atoms with van der Waals surface area (Å²) in [5.74, 6) is 1.34. The SMILES string of the molecule is CCOc1ccc(-c2nc(-c3c(N)n(C)c(=O)n(C)c3=O)cs2)cc1OC. The average Bonchev–Trinajstić information content (AvgIpc) is 3.15. The number of benzene rings is 1. The Bertz CT molecular complexity index is 1110. The number of nitrogens with zero attached hydrogens (tertiary/aromatic N) is 3. The largest absolute Gasteiger partial charge is 0.493 e. The second kappa shape index (κ2) is 7.28. The van der Waals surface area contributed by atoms with E-state index in [1.165, 1.54) is 30.0 Å². The highest BCUT2D eigenvalue weighted by molar-refractivity contribution is 7.13. The summed E-state index contributed by atoms with van der Waals surface area (Å²) in [5.41, 5.74) is 6.52. The summed E-state index contributed by atoms with van der Waals surface area (Å²) in [6.07, 6.45) is 0. The number of nitrogens with two attached hydrogens (primary N) is 1. The van der Waals surface area contributed by atoms with Gasteiger partial charge in [-0.25, -0.2) is 9.78 Å². The van der Waals surface area contributed by atoms with Crippen molar-refractivity contribution in [2.24, 2.45) is 14.1 Å². The number of ether oxygens (including phenoxy) is 2. The van der Waals surface area contributed by atoms with E-state index < -0.39 is 11.2 Å². The number of hydrogen-bond donors (Lipinski definition) is 1. The number of thiazole rings is 1. The third kappa shape index (κ3) is 3.21. The summed E-state index contributed by atoms with van der Waals surface area (Å²) < 4.78 is 13.2. The van der Waals surface area contributed by atoms with E-state index in [2.05, 4.69) is 4.98 Å². The summed E-state index contributed by atoms with van der Waals surface area (Å²) >= 11 is 1.37. The van der Waals surface area contributed by atoms with E-state index in [9.17, 15) is 9.59 Å². The van der Waals surface area contributed by atoms with E-state index in [0.29, 0.717) is 28.8 Å². The van der Waals surface area contributed by atoms with E-state index in [1.54, 1.807) is 12.5 Å². The molecule has 0 unspecified atom stereocenters. The van der Waals surface area contributed by atoms with Crippen molar-refractivity contribution in [3.05, 3.63) is 44.4 Å². The second-order valence-corrected chi connectivity index (χ2v) is 6.66. The summed E-state index contributed by atoms with van der Waals surface area (Å²) in [5, 5.41) is 2.44. The van der Waals surface area contributed by atoms with E-state index in [-0.39, 0.29) is 11.4 Å². The Morgan fingerprint density at radius 1 is 1.19 bits per heavy atom. The smallest absolute Gasteiger partial charge is 0.332 e. The van der Waals surface area contributed by atoms with Crippen molar-refractivity contribution >= 4 is 17.2 Å². The maximum Gasteiger partial charge on any atom is 0.332 e. The van der Waals surface area contributed by atoms with Gasteiger partial charge in [0.05, 0.1) is 19.4 Å². The van der Waals surface area contributed by atoms with Crippen LogP contribution in [0.3, 0.4) is 0 Å². The van der Waals surface area contributed by atoms with Gasteiger partial charge in [-0.3, -0.25) is 13.9 Å². The van der Waals surface area contributed by atoms with Gasteiger partial charge >= 0.3 is 5.69 Å².